The number of ether oxygens (including phenoxy) is 1. The van der Waals surface area contributed by atoms with Gasteiger partial charge in [0.25, 0.3) is 0 Å². The number of furan rings is 1. The monoisotopic (exact) mass is 302 g/mol. The topological polar surface area (TPSA) is 62.0 Å². The minimum absolute atomic E-state index is 0.345. The first-order valence-electron chi connectivity index (χ1n) is 7.48. The molecule has 0 aliphatic carbocycles. The summed E-state index contributed by atoms with van der Waals surface area (Å²) in [6, 6.07) is 3.74. The molecule has 4 rings (SSSR count). The van der Waals surface area contributed by atoms with E-state index in [0.717, 1.165) is 43.0 Å². The molecule has 0 spiro atoms. The van der Waals surface area contributed by atoms with Crippen LogP contribution >= 0.6 is 0 Å². The summed E-state index contributed by atoms with van der Waals surface area (Å²) in [5.74, 6) is 1.48. The number of carbonyl (C=O) groups excluding carboxylic acids is 1. The van der Waals surface area contributed by atoms with Gasteiger partial charge in [-0.25, -0.2) is 9.78 Å². The summed E-state index contributed by atoms with van der Waals surface area (Å²) < 4.78 is 10.6. The first-order chi connectivity index (χ1) is 10.7. The van der Waals surface area contributed by atoms with Crippen molar-refractivity contribution in [2.75, 3.05) is 56.2 Å². The molecule has 2 saturated heterocycles. The first kappa shape index (κ1) is 13.4. The molecule has 0 radical (unpaired) electrons. The van der Waals surface area contributed by atoms with E-state index >= 15 is 0 Å². The summed E-state index contributed by atoms with van der Waals surface area (Å²) in [4.78, 5) is 22.6. The second-order valence-corrected chi connectivity index (χ2v) is 5.69. The van der Waals surface area contributed by atoms with Crippen LogP contribution in [-0.2, 0) is 4.74 Å². The third-order valence-corrected chi connectivity index (χ3v) is 4.26. The number of likely N-dealkylation sites (N-methyl/N-ethyl adjacent to an activating group) is 1. The molecular formula is C15H18N4O3. The second kappa shape index (κ2) is 5.17. The number of piperazine rings is 1. The van der Waals surface area contributed by atoms with Gasteiger partial charge in [0.1, 0.15) is 23.8 Å². The molecule has 0 atom stereocenters. The molecule has 2 aromatic heterocycles. The highest BCUT2D eigenvalue weighted by molar-refractivity contribution is 5.95. The summed E-state index contributed by atoms with van der Waals surface area (Å²) >= 11 is 0. The highest BCUT2D eigenvalue weighted by Gasteiger charge is 2.27. The van der Waals surface area contributed by atoms with E-state index in [1.807, 2.05) is 12.1 Å². The number of carbonyl (C=O) groups is 1. The van der Waals surface area contributed by atoms with Crippen molar-refractivity contribution in [3.8, 4) is 0 Å². The summed E-state index contributed by atoms with van der Waals surface area (Å²) in [6.07, 6.45) is 1.32. The Morgan fingerprint density at radius 1 is 1.18 bits per heavy atom. The maximum absolute atomic E-state index is 11.8. The number of cyclic esters (lactones) is 1. The zero-order chi connectivity index (χ0) is 15.1. The van der Waals surface area contributed by atoms with E-state index in [1.54, 1.807) is 11.2 Å². The zero-order valence-corrected chi connectivity index (χ0v) is 12.5. The molecule has 0 aromatic carbocycles. The number of nitrogens with zero attached hydrogens (tertiary/aromatic N) is 4. The van der Waals surface area contributed by atoms with Gasteiger partial charge in [-0.3, -0.25) is 4.90 Å². The van der Waals surface area contributed by atoms with Gasteiger partial charge < -0.3 is 19.0 Å². The molecule has 2 aromatic rings. The van der Waals surface area contributed by atoms with E-state index in [4.69, 9.17) is 14.1 Å². The van der Waals surface area contributed by atoms with Crippen LogP contribution in [0.15, 0.2) is 22.8 Å². The Morgan fingerprint density at radius 2 is 2.00 bits per heavy atom. The smallest absolute Gasteiger partial charge is 0.415 e. The molecule has 0 bridgehead atoms. The van der Waals surface area contributed by atoms with Crippen molar-refractivity contribution in [1.29, 1.82) is 0 Å². The average Bonchev–Trinajstić information content (AvgIpc) is 3.15. The van der Waals surface area contributed by atoms with Crippen LogP contribution in [-0.4, -0.2) is 62.4 Å². The summed E-state index contributed by atoms with van der Waals surface area (Å²) in [7, 11) is 2.12. The number of hydrogen-bond donors (Lipinski definition) is 0. The lowest BCUT2D eigenvalue weighted by Crippen LogP contribution is -2.45. The molecule has 2 fully saturated rings. The molecule has 7 nitrogen and oxygen atoms in total. The van der Waals surface area contributed by atoms with Crippen molar-refractivity contribution < 1.29 is 13.9 Å². The highest BCUT2D eigenvalue weighted by atomic mass is 16.6. The molecule has 2 aliphatic heterocycles. The van der Waals surface area contributed by atoms with Crippen LogP contribution in [0.2, 0.25) is 0 Å². The Morgan fingerprint density at radius 3 is 2.73 bits per heavy atom. The van der Waals surface area contributed by atoms with Crippen molar-refractivity contribution in [3.63, 3.8) is 0 Å². The largest absolute Gasteiger partial charge is 0.464 e. The van der Waals surface area contributed by atoms with Gasteiger partial charge >= 0.3 is 6.09 Å². The predicted molar refractivity (Wildman–Crippen MR) is 82.4 cm³/mol. The van der Waals surface area contributed by atoms with Gasteiger partial charge in [0, 0.05) is 32.2 Å². The number of anilines is 2. The van der Waals surface area contributed by atoms with Gasteiger partial charge in [-0.15, -0.1) is 0 Å². The molecular weight excluding hydrogens is 284 g/mol. The standard InChI is InChI=1S/C15H18N4O3/c1-17-3-5-18(6-4-17)14-11-2-8-21-12(11)10-13(16-14)19-7-9-22-15(19)20/h2,8,10H,3-7,9H2,1H3. The van der Waals surface area contributed by atoms with Crippen molar-refractivity contribution in [3.05, 3.63) is 18.4 Å². The van der Waals surface area contributed by atoms with Crippen molar-refractivity contribution >= 4 is 28.7 Å². The quantitative estimate of drug-likeness (QED) is 0.838. The summed E-state index contributed by atoms with van der Waals surface area (Å²) in [6.45, 7) is 4.75. The van der Waals surface area contributed by atoms with Crippen LogP contribution in [0.1, 0.15) is 0 Å². The third-order valence-electron chi connectivity index (χ3n) is 4.26. The van der Waals surface area contributed by atoms with Crippen LogP contribution in [0.5, 0.6) is 0 Å². The van der Waals surface area contributed by atoms with Crippen LogP contribution < -0.4 is 9.80 Å². The molecule has 1 amide bonds. The lowest BCUT2D eigenvalue weighted by atomic mass is 10.2. The Hall–Kier alpha value is -2.28. The van der Waals surface area contributed by atoms with Crippen LogP contribution in [0.25, 0.3) is 11.0 Å². The number of amides is 1. The molecule has 7 heteroatoms. The average molecular weight is 302 g/mol. The molecule has 116 valence electrons. The number of hydrogen-bond acceptors (Lipinski definition) is 6. The molecule has 0 N–H and O–H groups in total. The number of pyridine rings is 1. The van der Waals surface area contributed by atoms with Crippen molar-refractivity contribution in [2.45, 2.75) is 0 Å². The van der Waals surface area contributed by atoms with Gasteiger partial charge in [-0.2, -0.15) is 0 Å². The van der Waals surface area contributed by atoms with Gasteiger partial charge in [-0.05, 0) is 13.1 Å². The van der Waals surface area contributed by atoms with Crippen LogP contribution in [0.3, 0.4) is 0 Å². The predicted octanol–water partition coefficient (Wildman–Crippen LogP) is 1.54. The molecule has 2 aliphatic rings. The molecule has 4 heterocycles. The Labute approximate surface area is 128 Å². The molecule has 0 saturated carbocycles. The first-order valence-corrected chi connectivity index (χ1v) is 7.48. The minimum Gasteiger partial charge on any atom is -0.464 e. The molecule has 0 unspecified atom stereocenters. The van der Waals surface area contributed by atoms with Gasteiger partial charge in [0.2, 0.25) is 0 Å². The van der Waals surface area contributed by atoms with Crippen LogP contribution in [0, 0.1) is 0 Å². The third kappa shape index (κ3) is 2.18. The SMILES string of the molecule is CN1CCN(c2nc(N3CCOC3=O)cc3occc23)CC1. The van der Waals surface area contributed by atoms with Crippen molar-refractivity contribution in [1.82, 2.24) is 9.88 Å². The van der Waals surface area contributed by atoms with Crippen LogP contribution in [0.4, 0.5) is 16.4 Å². The number of fused-ring (bicyclic) bond motifs is 1. The Balaban J connectivity index is 1.75. The van der Waals surface area contributed by atoms with E-state index in [-0.39, 0.29) is 6.09 Å². The lowest BCUT2D eigenvalue weighted by Gasteiger charge is -2.33. The highest BCUT2D eigenvalue weighted by Crippen LogP contribution is 2.31. The summed E-state index contributed by atoms with van der Waals surface area (Å²) in [5.41, 5.74) is 0.749. The fourth-order valence-electron chi connectivity index (χ4n) is 2.93. The van der Waals surface area contributed by atoms with E-state index in [1.165, 1.54) is 0 Å². The normalized spacial score (nSPS) is 20.0. The summed E-state index contributed by atoms with van der Waals surface area (Å²) in [5, 5.41) is 0.987. The zero-order valence-electron chi connectivity index (χ0n) is 12.5. The minimum atomic E-state index is -0.345. The lowest BCUT2D eigenvalue weighted by molar-refractivity contribution is 0.181. The van der Waals surface area contributed by atoms with Gasteiger partial charge in [0.15, 0.2) is 0 Å². The Kier molecular flexibility index (Phi) is 3.15. The maximum atomic E-state index is 11.8. The fourth-order valence-corrected chi connectivity index (χ4v) is 2.93. The molecule has 22 heavy (non-hydrogen) atoms. The Bertz CT molecular complexity index is 706. The van der Waals surface area contributed by atoms with E-state index in [2.05, 4.69) is 16.8 Å². The van der Waals surface area contributed by atoms with E-state index in [9.17, 15) is 4.79 Å². The number of aromatic nitrogens is 1. The maximum Gasteiger partial charge on any atom is 0.415 e. The second-order valence-electron chi connectivity index (χ2n) is 5.69. The van der Waals surface area contributed by atoms with E-state index in [0.29, 0.717) is 19.0 Å². The fraction of sp³-hybridized carbons (Fsp3) is 0.467. The van der Waals surface area contributed by atoms with E-state index < -0.39 is 0 Å². The van der Waals surface area contributed by atoms with Gasteiger partial charge in [-0.1, -0.05) is 0 Å². The van der Waals surface area contributed by atoms with Gasteiger partial charge in [0.05, 0.1) is 18.2 Å². The van der Waals surface area contributed by atoms with Crippen molar-refractivity contribution in [2.24, 2.45) is 0 Å². The number of rotatable bonds is 2.